The Kier molecular flexibility index (Phi) is 4.48. The first-order valence-corrected chi connectivity index (χ1v) is 7.46. The van der Waals surface area contributed by atoms with Crippen molar-refractivity contribution in [3.05, 3.63) is 101 Å². The van der Waals surface area contributed by atoms with Crippen molar-refractivity contribution in [1.29, 1.82) is 0 Å². The highest BCUT2D eigenvalue weighted by Gasteiger charge is 2.20. The Morgan fingerprint density at radius 2 is 1.61 bits per heavy atom. The van der Waals surface area contributed by atoms with Crippen molar-refractivity contribution in [2.75, 3.05) is 0 Å². The van der Waals surface area contributed by atoms with E-state index in [4.69, 9.17) is 4.74 Å². The zero-order chi connectivity index (χ0) is 16.1. The molecule has 0 radical (unpaired) electrons. The molecule has 0 aliphatic heterocycles. The Labute approximate surface area is 135 Å². The summed E-state index contributed by atoms with van der Waals surface area (Å²) in [5.74, 6) is -0.382. The van der Waals surface area contributed by atoms with Gasteiger partial charge in [-0.3, -0.25) is 4.98 Å². The summed E-state index contributed by atoms with van der Waals surface area (Å²) in [5.41, 5.74) is 3.49. The smallest absolute Gasteiger partial charge is 0.340 e. The van der Waals surface area contributed by atoms with Gasteiger partial charge in [-0.05, 0) is 30.2 Å². The molecule has 2 aromatic carbocycles. The normalized spacial score (nSPS) is 11.7. The maximum atomic E-state index is 12.4. The van der Waals surface area contributed by atoms with Crippen molar-refractivity contribution in [1.82, 2.24) is 4.98 Å². The summed E-state index contributed by atoms with van der Waals surface area (Å²) in [5, 5.41) is 0. The quantitative estimate of drug-likeness (QED) is 0.673. The third kappa shape index (κ3) is 3.64. The van der Waals surface area contributed by atoms with Crippen LogP contribution >= 0.6 is 0 Å². The molecule has 23 heavy (non-hydrogen) atoms. The lowest BCUT2D eigenvalue weighted by Gasteiger charge is -2.19. The van der Waals surface area contributed by atoms with Crippen LogP contribution in [0.25, 0.3) is 0 Å². The number of aryl methyl sites for hydroxylation is 1. The Balaban J connectivity index is 1.93. The van der Waals surface area contributed by atoms with E-state index in [-0.39, 0.29) is 5.97 Å². The molecule has 0 amide bonds. The molecule has 0 N–H and O–H groups in total. The monoisotopic (exact) mass is 303 g/mol. The second-order valence-corrected chi connectivity index (χ2v) is 5.35. The number of carbonyl (C=O) groups is 1. The number of rotatable bonds is 4. The molecule has 1 heterocycles. The zero-order valence-electron chi connectivity index (χ0n) is 12.8. The number of aromatic nitrogens is 1. The lowest BCUT2D eigenvalue weighted by atomic mass is 10.0. The van der Waals surface area contributed by atoms with E-state index in [9.17, 15) is 4.79 Å². The molecule has 1 atom stereocenters. The average Bonchev–Trinajstić information content (AvgIpc) is 2.62. The molecule has 1 unspecified atom stereocenters. The van der Waals surface area contributed by atoms with Gasteiger partial charge in [0, 0.05) is 12.4 Å². The third-order valence-corrected chi connectivity index (χ3v) is 3.60. The number of hydrogen-bond donors (Lipinski definition) is 0. The van der Waals surface area contributed by atoms with Gasteiger partial charge in [0.1, 0.15) is 0 Å². The highest BCUT2D eigenvalue weighted by molar-refractivity contribution is 5.89. The zero-order valence-corrected chi connectivity index (χ0v) is 12.8. The predicted octanol–water partition coefficient (Wildman–Crippen LogP) is 4.34. The van der Waals surface area contributed by atoms with Crippen LogP contribution in [0.1, 0.15) is 33.2 Å². The fourth-order valence-electron chi connectivity index (χ4n) is 2.36. The van der Waals surface area contributed by atoms with Gasteiger partial charge in [-0.15, -0.1) is 0 Å². The number of ether oxygens (including phenoxy) is 1. The third-order valence-electron chi connectivity index (χ3n) is 3.60. The van der Waals surface area contributed by atoms with Gasteiger partial charge in [0.2, 0.25) is 0 Å². The number of pyridine rings is 1. The van der Waals surface area contributed by atoms with Crippen molar-refractivity contribution < 1.29 is 9.53 Å². The number of nitrogens with zero attached hydrogens (tertiary/aromatic N) is 1. The Morgan fingerprint density at radius 3 is 2.26 bits per heavy atom. The molecule has 0 fully saturated rings. The van der Waals surface area contributed by atoms with Crippen LogP contribution < -0.4 is 0 Å². The average molecular weight is 303 g/mol. The minimum absolute atomic E-state index is 0.382. The first kappa shape index (κ1) is 15.0. The summed E-state index contributed by atoms with van der Waals surface area (Å²) in [4.78, 5) is 16.4. The van der Waals surface area contributed by atoms with Gasteiger partial charge in [0.15, 0.2) is 6.10 Å². The summed E-state index contributed by atoms with van der Waals surface area (Å²) in [7, 11) is 0. The highest BCUT2D eigenvalue weighted by atomic mass is 16.5. The van der Waals surface area contributed by atoms with E-state index in [0.717, 1.165) is 11.1 Å². The van der Waals surface area contributed by atoms with Crippen molar-refractivity contribution in [2.45, 2.75) is 13.0 Å². The number of carbonyl (C=O) groups excluding carboxylic acids is 1. The molecular weight excluding hydrogens is 286 g/mol. The molecule has 0 spiro atoms. The first-order valence-electron chi connectivity index (χ1n) is 7.46. The van der Waals surface area contributed by atoms with Gasteiger partial charge < -0.3 is 4.74 Å². The van der Waals surface area contributed by atoms with Gasteiger partial charge in [-0.25, -0.2) is 4.79 Å². The minimum Gasteiger partial charge on any atom is -0.449 e. The maximum absolute atomic E-state index is 12.4. The molecule has 3 aromatic rings. The van der Waals surface area contributed by atoms with Gasteiger partial charge in [0.25, 0.3) is 0 Å². The molecule has 0 saturated carbocycles. The van der Waals surface area contributed by atoms with Gasteiger partial charge in [-0.1, -0.05) is 60.2 Å². The van der Waals surface area contributed by atoms with Crippen LogP contribution in [0.2, 0.25) is 0 Å². The van der Waals surface area contributed by atoms with Crippen LogP contribution in [0.4, 0.5) is 0 Å². The summed E-state index contributed by atoms with van der Waals surface area (Å²) < 4.78 is 5.77. The summed E-state index contributed by atoms with van der Waals surface area (Å²) in [6.45, 7) is 2.03. The van der Waals surface area contributed by atoms with E-state index in [0.29, 0.717) is 5.56 Å². The molecule has 3 heteroatoms. The SMILES string of the molecule is Cc1ccc(C(OC(=O)c2cccnc2)c2ccccc2)cc1. The van der Waals surface area contributed by atoms with Crippen LogP contribution in [0.3, 0.4) is 0 Å². The standard InChI is InChI=1S/C20H17NO2/c1-15-9-11-17(12-10-15)19(16-6-3-2-4-7-16)23-20(22)18-8-5-13-21-14-18/h2-14,19H,1H3. The number of benzene rings is 2. The van der Waals surface area contributed by atoms with Crippen molar-refractivity contribution >= 4 is 5.97 Å². The van der Waals surface area contributed by atoms with Gasteiger partial charge in [0.05, 0.1) is 5.56 Å². The van der Waals surface area contributed by atoms with Crippen molar-refractivity contribution in [2.24, 2.45) is 0 Å². The van der Waals surface area contributed by atoms with Gasteiger partial charge in [-0.2, -0.15) is 0 Å². The molecule has 1 aromatic heterocycles. The minimum atomic E-state index is -0.440. The highest BCUT2D eigenvalue weighted by Crippen LogP contribution is 2.27. The number of hydrogen-bond acceptors (Lipinski definition) is 3. The van der Waals surface area contributed by atoms with E-state index in [1.54, 1.807) is 18.3 Å². The lowest BCUT2D eigenvalue weighted by Crippen LogP contribution is -2.13. The summed E-state index contributed by atoms with van der Waals surface area (Å²) in [6.07, 6.45) is 2.70. The maximum Gasteiger partial charge on any atom is 0.340 e. The largest absolute Gasteiger partial charge is 0.449 e. The van der Waals surface area contributed by atoms with E-state index in [1.807, 2.05) is 61.5 Å². The van der Waals surface area contributed by atoms with Crippen LogP contribution in [0.15, 0.2) is 79.1 Å². The molecule has 3 nitrogen and oxygen atoms in total. The summed E-state index contributed by atoms with van der Waals surface area (Å²) in [6, 6.07) is 21.2. The molecular formula is C20H17NO2. The molecule has 0 aliphatic carbocycles. The molecule has 0 aliphatic rings. The fraction of sp³-hybridized carbons (Fsp3) is 0.100. The Hall–Kier alpha value is -2.94. The van der Waals surface area contributed by atoms with E-state index < -0.39 is 6.10 Å². The van der Waals surface area contributed by atoms with Crippen molar-refractivity contribution in [3.8, 4) is 0 Å². The van der Waals surface area contributed by atoms with Crippen LogP contribution in [-0.4, -0.2) is 11.0 Å². The Bertz CT molecular complexity index is 768. The summed E-state index contributed by atoms with van der Waals surface area (Å²) >= 11 is 0. The molecule has 0 saturated heterocycles. The second kappa shape index (κ2) is 6.88. The Morgan fingerprint density at radius 1 is 0.913 bits per heavy atom. The van der Waals surface area contributed by atoms with Crippen LogP contribution in [-0.2, 0) is 4.74 Å². The molecule has 114 valence electrons. The fourth-order valence-corrected chi connectivity index (χ4v) is 2.36. The van der Waals surface area contributed by atoms with E-state index >= 15 is 0 Å². The first-order chi connectivity index (χ1) is 11.2. The van der Waals surface area contributed by atoms with Crippen molar-refractivity contribution in [3.63, 3.8) is 0 Å². The van der Waals surface area contributed by atoms with E-state index in [2.05, 4.69) is 4.98 Å². The molecule has 0 bridgehead atoms. The topological polar surface area (TPSA) is 39.2 Å². The van der Waals surface area contributed by atoms with Crippen LogP contribution in [0, 0.1) is 6.92 Å². The lowest BCUT2D eigenvalue weighted by molar-refractivity contribution is 0.0377. The second-order valence-electron chi connectivity index (χ2n) is 5.35. The van der Waals surface area contributed by atoms with Gasteiger partial charge >= 0.3 is 5.97 Å². The predicted molar refractivity (Wildman–Crippen MR) is 89.1 cm³/mol. The number of esters is 1. The van der Waals surface area contributed by atoms with Crippen LogP contribution in [0.5, 0.6) is 0 Å². The molecule has 3 rings (SSSR count). The van der Waals surface area contributed by atoms with E-state index in [1.165, 1.54) is 11.8 Å².